The number of benzene rings is 1. The van der Waals surface area contributed by atoms with Gasteiger partial charge in [0.1, 0.15) is 6.54 Å². The first kappa shape index (κ1) is 14.5. The lowest BCUT2D eigenvalue weighted by molar-refractivity contribution is -0.117. The zero-order chi connectivity index (χ0) is 14.7. The van der Waals surface area contributed by atoms with Crippen LogP contribution in [0.3, 0.4) is 0 Å². The van der Waals surface area contributed by atoms with Crippen molar-refractivity contribution in [3.63, 3.8) is 0 Å². The number of nitrogens with zero attached hydrogens (tertiary/aromatic N) is 2. The largest absolute Gasteiger partial charge is 0.324 e. The molecule has 0 aliphatic rings. The van der Waals surface area contributed by atoms with Gasteiger partial charge in [0, 0.05) is 16.2 Å². The van der Waals surface area contributed by atoms with E-state index in [1.165, 1.54) is 6.07 Å². The van der Waals surface area contributed by atoms with E-state index in [-0.39, 0.29) is 18.0 Å². The van der Waals surface area contributed by atoms with Crippen LogP contribution in [0.2, 0.25) is 0 Å². The first-order chi connectivity index (χ1) is 9.45. The smallest absolute Gasteiger partial charge is 0.267 e. The summed E-state index contributed by atoms with van der Waals surface area (Å²) in [5.74, 6) is -0.282. The second-order valence-corrected chi connectivity index (χ2v) is 5.39. The van der Waals surface area contributed by atoms with Crippen LogP contribution in [0.15, 0.2) is 39.6 Å². The van der Waals surface area contributed by atoms with E-state index in [9.17, 15) is 9.59 Å². The fourth-order valence-corrected chi connectivity index (χ4v) is 2.23. The van der Waals surface area contributed by atoms with E-state index in [4.69, 9.17) is 0 Å². The van der Waals surface area contributed by atoms with E-state index < -0.39 is 0 Å². The maximum Gasteiger partial charge on any atom is 0.267 e. The molecule has 0 saturated heterocycles. The minimum Gasteiger partial charge on any atom is -0.324 e. The van der Waals surface area contributed by atoms with Crippen molar-refractivity contribution in [1.29, 1.82) is 0 Å². The Bertz CT molecular complexity index is 710. The highest BCUT2D eigenvalue weighted by atomic mass is 79.9. The number of hydrogen-bond acceptors (Lipinski definition) is 3. The molecule has 0 radical (unpaired) electrons. The Morgan fingerprint density at radius 2 is 2.05 bits per heavy atom. The van der Waals surface area contributed by atoms with Crippen LogP contribution in [0.25, 0.3) is 0 Å². The van der Waals surface area contributed by atoms with Gasteiger partial charge in [-0.15, -0.1) is 0 Å². The number of nitrogens with one attached hydrogen (secondary N) is 1. The topological polar surface area (TPSA) is 64.0 Å². The monoisotopic (exact) mass is 335 g/mol. The zero-order valence-corrected chi connectivity index (χ0v) is 12.8. The van der Waals surface area contributed by atoms with Gasteiger partial charge in [-0.05, 0) is 43.7 Å². The molecule has 104 valence electrons. The van der Waals surface area contributed by atoms with Crippen molar-refractivity contribution in [2.75, 3.05) is 5.32 Å². The summed E-state index contributed by atoms with van der Waals surface area (Å²) in [7, 11) is 0. The lowest BCUT2D eigenvalue weighted by atomic mass is 10.2. The molecule has 2 rings (SSSR count). The van der Waals surface area contributed by atoms with E-state index in [2.05, 4.69) is 26.3 Å². The quantitative estimate of drug-likeness (QED) is 0.935. The molecule has 2 aromatic rings. The minimum atomic E-state index is -0.293. The molecule has 0 bridgehead atoms. The maximum absolute atomic E-state index is 12.0. The summed E-state index contributed by atoms with van der Waals surface area (Å²) < 4.78 is 2.10. The number of aromatic nitrogens is 2. The third-order valence-electron chi connectivity index (χ3n) is 2.76. The fraction of sp³-hybridized carbons (Fsp3) is 0.214. The second kappa shape index (κ2) is 6.00. The van der Waals surface area contributed by atoms with E-state index in [0.29, 0.717) is 5.69 Å². The Balaban J connectivity index is 2.13. The average molecular weight is 336 g/mol. The number of carbonyl (C=O) groups excluding carboxylic acids is 1. The SMILES string of the molecule is Cc1ccc(=O)n(CC(=O)Nc2ccc(Br)cc2C)n1. The third-order valence-corrected chi connectivity index (χ3v) is 3.25. The predicted molar refractivity (Wildman–Crippen MR) is 80.7 cm³/mol. The number of amides is 1. The summed E-state index contributed by atoms with van der Waals surface area (Å²) >= 11 is 3.37. The molecule has 0 saturated carbocycles. The van der Waals surface area contributed by atoms with Gasteiger partial charge in [-0.3, -0.25) is 9.59 Å². The molecule has 0 aliphatic carbocycles. The minimum absolute atomic E-state index is 0.101. The number of anilines is 1. The highest BCUT2D eigenvalue weighted by molar-refractivity contribution is 9.10. The molecule has 6 heteroatoms. The van der Waals surface area contributed by atoms with E-state index in [1.54, 1.807) is 13.0 Å². The van der Waals surface area contributed by atoms with Gasteiger partial charge in [-0.2, -0.15) is 5.10 Å². The molecule has 0 atom stereocenters. The number of rotatable bonds is 3. The summed E-state index contributed by atoms with van der Waals surface area (Å²) in [5.41, 5.74) is 2.06. The Kier molecular flexibility index (Phi) is 4.34. The molecule has 1 aromatic heterocycles. The van der Waals surface area contributed by atoms with Gasteiger partial charge in [0.25, 0.3) is 5.56 Å². The van der Waals surface area contributed by atoms with Crippen LogP contribution in [-0.2, 0) is 11.3 Å². The molecule has 0 fully saturated rings. The maximum atomic E-state index is 12.0. The van der Waals surface area contributed by atoms with Crippen molar-refractivity contribution in [3.05, 3.63) is 56.4 Å². The van der Waals surface area contributed by atoms with Crippen LogP contribution in [-0.4, -0.2) is 15.7 Å². The van der Waals surface area contributed by atoms with Crippen LogP contribution in [0.4, 0.5) is 5.69 Å². The molecule has 0 aliphatic heterocycles. The average Bonchev–Trinajstić information content (AvgIpc) is 2.37. The van der Waals surface area contributed by atoms with Crippen LogP contribution in [0.1, 0.15) is 11.3 Å². The first-order valence-electron chi connectivity index (χ1n) is 6.06. The summed E-state index contributed by atoms with van der Waals surface area (Å²) in [4.78, 5) is 23.5. The van der Waals surface area contributed by atoms with Gasteiger partial charge < -0.3 is 5.32 Å². The normalized spacial score (nSPS) is 10.3. The number of halogens is 1. The molecule has 0 unspecified atom stereocenters. The van der Waals surface area contributed by atoms with E-state index >= 15 is 0 Å². The summed E-state index contributed by atoms with van der Waals surface area (Å²) in [6, 6.07) is 8.59. The van der Waals surface area contributed by atoms with Gasteiger partial charge >= 0.3 is 0 Å². The molecule has 1 N–H and O–H groups in total. The number of aryl methyl sites for hydroxylation is 2. The van der Waals surface area contributed by atoms with Crippen LogP contribution >= 0.6 is 15.9 Å². The summed E-state index contributed by atoms with van der Waals surface area (Å²) in [5, 5.41) is 6.80. The molecule has 20 heavy (non-hydrogen) atoms. The molecular weight excluding hydrogens is 322 g/mol. The highest BCUT2D eigenvalue weighted by Crippen LogP contribution is 2.19. The van der Waals surface area contributed by atoms with Crippen molar-refractivity contribution in [2.24, 2.45) is 0 Å². The molecule has 1 aromatic carbocycles. The predicted octanol–water partition coefficient (Wildman–Crippen LogP) is 2.26. The van der Waals surface area contributed by atoms with Crippen molar-refractivity contribution >= 4 is 27.5 Å². The lowest BCUT2D eigenvalue weighted by Crippen LogP contribution is -2.29. The van der Waals surface area contributed by atoms with Crippen molar-refractivity contribution in [3.8, 4) is 0 Å². The Morgan fingerprint density at radius 1 is 1.30 bits per heavy atom. The third kappa shape index (κ3) is 3.54. The summed E-state index contributed by atoms with van der Waals surface area (Å²) in [6.07, 6.45) is 0. The lowest BCUT2D eigenvalue weighted by Gasteiger charge is -2.09. The summed E-state index contributed by atoms with van der Waals surface area (Å²) in [6.45, 7) is 3.57. The van der Waals surface area contributed by atoms with Crippen molar-refractivity contribution in [2.45, 2.75) is 20.4 Å². The highest BCUT2D eigenvalue weighted by Gasteiger charge is 2.08. The van der Waals surface area contributed by atoms with Crippen molar-refractivity contribution in [1.82, 2.24) is 9.78 Å². The number of hydrogen-bond donors (Lipinski definition) is 1. The van der Waals surface area contributed by atoms with Gasteiger partial charge in [-0.1, -0.05) is 15.9 Å². The molecule has 5 nitrogen and oxygen atoms in total. The second-order valence-electron chi connectivity index (χ2n) is 4.48. The molecule has 0 spiro atoms. The van der Waals surface area contributed by atoms with Gasteiger partial charge in [0.15, 0.2) is 0 Å². The Labute approximate surface area is 124 Å². The van der Waals surface area contributed by atoms with Crippen molar-refractivity contribution < 1.29 is 4.79 Å². The van der Waals surface area contributed by atoms with Gasteiger partial charge in [0.05, 0.1) is 5.69 Å². The number of carbonyl (C=O) groups is 1. The molecular formula is C14H14BrN3O2. The Hall–Kier alpha value is -1.95. The van der Waals surface area contributed by atoms with E-state index in [1.807, 2.05) is 25.1 Å². The molecule has 1 amide bonds. The van der Waals surface area contributed by atoms with E-state index in [0.717, 1.165) is 20.4 Å². The molecule has 1 heterocycles. The Morgan fingerprint density at radius 3 is 2.75 bits per heavy atom. The van der Waals surface area contributed by atoms with Gasteiger partial charge in [-0.25, -0.2) is 4.68 Å². The van der Waals surface area contributed by atoms with Crippen LogP contribution < -0.4 is 10.9 Å². The van der Waals surface area contributed by atoms with Crippen LogP contribution in [0.5, 0.6) is 0 Å². The first-order valence-corrected chi connectivity index (χ1v) is 6.86. The zero-order valence-electron chi connectivity index (χ0n) is 11.2. The van der Waals surface area contributed by atoms with Crippen LogP contribution in [0, 0.1) is 13.8 Å². The standard InChI is InChI=1S/C14H14BrN3O2/c1-9-7-11(15)4-5-12(9)16-13(19)8-18-14(20)6-3-10(2)17-18/h3-7H,8H2,1-2H3,(H,16,19). The van der Waals surface area contributed by atoms with Gasteiger partial charge in [0.2, 0.25) is 5.91 Å². The fourth-order valence-electron chi connectivity index (χ4n) is 1.76.